The number of hydrogen-bond acceptors (Lipinski definition) is 3. The maximum atomic E-state index is 11.4. The number of hydrogen-bond donors (Lipinski definition) is 2. The fourth-order valence-corrected chi connectivity index (χ4v) is 3.08. The number of furan rings is 1. The van der Waals surface area contributed by atoms with Crippen molar-refractivity contribution in [1.82, 2.24) is 4.57 Å². The van der Waals surface area contributed by atoms with Gasteiger partial charge >= 0.3 is 5.97 Å². The molecule has 0 saturated carbocycles. The first-order valence-electron chi connectivity index (χ1n) is 7.81. The van der Waals surface area contributed by atoms with E-state index in [0.717, 1.165) is 27.9 Å². The fourth-order valence-electron chi connectivity index (χ4n) is 3.08. The van der Waals surface area contributed by atoms with Gasteiger partial charge < -0.3 is 19.2 Å². The van der Waals surface area contributed by atoms with Crippen LogP contribution in [0, 0.1) is 0 Å². The lowest BCUT2D eigenvalue weighted by Crippen LogP contribution is -2.11. The molecule has 0 aliphatic heterocycles. The van der Waals surface area contributed by atoms with Crippen molar-refractivity contribution < 1.29 is 19.4 Å². The minimum Gasteiger partial charge on any atom is -0.508 e. The number of aromatic nitrogens is 1. The summed E-state index contributed by atoms with van der Waals surface area (Å²) in [5, 5.41) is 19.8. The summed E-state index contributed by atoms with van der Waals surface area (Å²) >= 11 is 0. The molecule has 0 saturated heterocycles. The average molecular weight is 333 g/mol. The molecule has 4 aromatic rings. The number of nitrogens with zero attached hydrogens (tertiary/aromatic N) is 1. The quantitative estimate of drug-likeness (QED) is 0.582. The highest BCUT2D eigenvalue weighted by molar-refractivity contribution is 5.94. The highest BCUT2D eigenvalue weighted by atomic mass is 16.4. The number of benzene rings is 2. The summed E-state index contributed by atoms with van der Waals surface area (Å²) in [6, 6.07) is 18.4. The highest BCUT2D eigenvalue weighted by Crippen LogP contribution is 2.35. The summed E-state index contributed by atoms with van der Waals surface area (Å²) in [5.74, 6) is -0.792. The molecular weight excluding hydrogens is 318 g/mol. The third-order valence-corrected chi connectivity index (χ3v) is 4.18. The standard InChI is InChI=1S/C20H15NO4/c22-14-6-7-15-16(12-25-19(15)10-14)18-9-8-17(21(18)11-20(23)24)13-4-2-1-3-5-13/h1-10,12,22H,11H2,(H,23,24). The lowest BCUT2D eigenvalue weighted by atomic mass is 10.1. The van der Waals surface area contributed by atoms with E-state index < -0.39 is 5.97 Å². The van der Waals surface area contributed by atoms with Gasteiger partial charge in [-0.25, -0.2) is 0 Å². The molecule has 2 heterocycles. The van der Waals surface area contributed by atoms with Crippen molar-refractivity contribution in [2.45, 2.75) is 6.54 Å². The largest absolute Gasteiger partial charge is 0.508 e. The number of carbonyl (C=O) groups is 1. The van der Waals surface area contributed by atoms with Crippen LogP contribution in [0.4, 0.5) is 0 Å². The Morgan fingerprint density at radius 2 is 1.76 bits per heavy atom. The van der Waals surface area contributed by atoms with E-state index in [-0.39, 0.29) is 12.3 Å². The van der Waals surface area contributed by atoms with Crippen LogP contribution in [0.2, 0.25) is 0 Å². The molecule has 0 aliphatic carbocycles. The second kappa shape index (κ2) is 5.87. The van der Waals surface area contributed by atoms with Crippen LogP contribution >= 0.6 is 0 Å². The second-order valence-electron chi connectivity index (χ2n) is 5.78. The SMILES string of the molecule is O=C(O)Cn1c(-c2ccccc2)ccc1-c1coc2cc(O)ccc12. The summed E-state index contributed by atoms with van der Waals surface area (Å²) in [4.78, 5) is 11.4. The second-order valence-corrected chi connectivity index (χ2v) is 5.78. The van der Waals surface area contributed by atoms with Crippen LogP contribution in [0.5, 0.6) is 5.75 Å². The van der Waals surface area contributed by atoms with Crippen LogP contribution in [0.25, 0.3) is 33.5 Å². The predicted molar refractivity (Wildman–Crippen MR) is 94.4 cm³/mol. The van der Waals surface area contributed by atoms with Crippen LogP contribution in [0.1, 0.15) is 0 Å². The number of carboxylic acid groups (broad SMARTS) is 1. The van der Waals surface area contributed by atoms with Gasteiger partial charge in [-0.05, 0) is 29.8 Å². The van der Waals surface area contributed by atoms with Crippen molar-refractivity contribution in [1.29, 1.82) is 0 Å². The Morgan fingerprint density at radius 3 is 2.52 bits per heavy atom. The first-order chi connectivity index (χ1) is 12.1. The van der Waals surface area contributed by atoms with Crippen molar-refractivity contribution >= 4 is 16.9 Å². The van der Waals surface area contributed by atoms with E-state index in [1.807, 2.05) is 42.5 Å². The number of aliphatic carboxylic acids is 1. The smallest absolute Gasteiger partial charge is 0.323 e. The molecular formula is C20H15NO4. The number of carboxylic acids is 1. The zero-order chi connectivity index (χ0) is 17.4. The Labute approximate surface area is 143 Å². The average Bonchev–Trinajstić information content (AvgIpc) is 3.18. The maximum Gasteiger partial charge on any atom is 0.323 e. The van der Waals surface area contributed by atoms with Gasteiger partial charge in [0, 0.05) is 22.7 Å². The molecule has 0 unspecified atom stereocenters. The summed E-state index contributed by atoms with van der Waals surface area (Å²) in [5.41, 5.74) is 3.87. The monoisotopic (exact) mass is 333 g/mol. The van der Waals surface area contributed by atoms with E-state index in [4.69, 9.17) is 4.42 Å². The molecule has 0 radical (unpaired) electrons. The molecule has 2 aromatic heterocycles. The minimum atomic E-state index is -0.917. The van der Waals surface area contributed by atoms with E-state index in [1.165, 1.54) is 0 Å². The lowest BCUT2D eigenvalue weighted by Gasteiger charge is -2.11. The molecule has 4 rings (SSSR count). The Hall–Kier alpha value is -3.47. The number of phenolic OH excluding ortho intramolecular Hbond substituents is 1. The number of aromatic hydroxyl groups is 1. The van der Waals surface area contributed by atoms with Gasteiger partial charge in [0.25, 0.3) is 0 Å². The third-order valence-electron chi connectivity index (χ3n) is 4.18. The Balaban J connectivity index is 1.92. The number of phenols is 1. The van der Waals surface area contributed by atoms with Crippen molar-refractivity contribution in [3.05, 3.63) is 66.9 Å². The maximum absolute atomic E-state index is 11.4. The zero-order valence-electron chi connectivity index (χ0n) is 13.2. The van der Waals surface area contributed by atoms with Gasteiger partial charge in [-0.1, -0.05) is 30.3 Å². The first-order valence-corrected chi connectivity index (χ1v) is 7.81. The summed E-state index contributed by atoms with van der Waals surface area (Å²) in [7, 11) is 0. The van der Waals surface area contributed by atoms with Gasteiger partial charge in [0.15, 0.2) is 0 Å². The molecule has 0 aliphatic rings. The zero-order valence-corrected chi connectivity index (χ0v) is 13.2. The molecule has 5 nitrogen and oxygen atoms in total. The van der Waals surface area contributed by atoms with Crippen LogP contribution in [0.3, 0.4) is 0 Å². The fraction of sp³-hybridized carbons (Fsp3) is 0.0500. The van der Waals surface area contributed by atoms with E-state index in [2.05, 4.69) is 0 Å². The van der Waals surface area contributed by atoms with Gasteiger partial charge in [0.05, 0.1) is 5.69 Å². The van der Waals surface area contributed by atoms with Crippen LogP contribution in [0.15, 0.2) is 71.3 Å². The molecule has 0 amide bonds. The molecule has 2 aromatic carbocycles. The number of rotatable bonds is 4. The normalized spacial score (nSPS) is 11.0. The van der Waals surface area contributed by atoms with E-state index in [0.29, 0.717) is 5.58 Å². The Kier molecular flexibility index (Phi) is 3.54. The van der Waals surface area contributed by atoms with Crippen molar-refractivity contribution in [3.8, 4) is 28.3 Å². The van der Waals surface area contributed by atoms with E-state index in [9.17, 15) is 15.0 Å². The predicted octanol–water partition coefficient (Wildman–Crippen LogP) is 4.36. The molecule has 5 heteroatoms. The van der Waals surface area contributed by atoms with E-state index in [1.54, 1.807) is 29.0 Å². The van der Waals surface area contributed by atoms with Crippen LogP contribution in [-0.2, 0) is 11.3 Å². The van der Waals surface area contributed by atoms with Crippen LogP contribution in [-0.4, -0.2) is 20.7 Å². The summed E-state index contributed by atoms with van der Waals surface area (Å²) < 4.78 is 7.30. The summed E-state index contributed by atoms with van der Waals surface area (Å²) in [6.07, 6.45) is 1.59. The molecule has 124 valence electrons. The first kappa shape index (κ1) is 15.1. The molecule has 0 spiro atoms. The van der Waals surface area contributed by atoms with E-state index >= 15 is 0 Å². The molecule has 0 atom stereocenters. The Bertz CT molecular complexity index is 1060. The molecule has 25 heavy (non-hydrogen) atoms. The third kappa shape index (κ3) is 2.65. The van der Waals surface area contributed by atoms with Gasteiger partial charge in [0.1, 0.15) is 24.1 Å². The van der Waals surface area contributed by atoms with Crippen molar-refractivity contribution in [2.24, 2.45) is 0 Å². The molecule has 0 bridgehead atoms. The molecule has 0 fully saturated rings. The van der Waals surface area contributed by atoms with Crippen molar-refractivity contribution in [2.75, 3.05) is 0 Å². The summed E-state index contributed by atoms with van der Waals surface area (Å²) in [6.45, 7) is -0.155. The highest BCUT2D eigenvalue weighted by Gasteiger charge is 2.17. The van der Waals surface area contributed by atoms with Gasteiger partial charge in [-0.2, -0.15) is 0 Å². The van der Waals surface area contributed by atoms with Crippen molar-refractivity contribution in [3.63, 3.8) is 0 Å². The topological polar surface area (TPSA) is 75.6 Å². The number of fused-ring (bicyclic) bond motifs is 1. The lowest BCUT2D eigenvalue weighted by molar-refractivity contribution is -0.137. The van der Waals surface area contributed by atoms with Crippen LogP contribution < -0.4 is 0 Å². The van der Waals surface area contributed by atoms with Gasteiger partial charge in [-0.3, -0.25) is 4.79 Å². The van der Waals surface area contributed by atoms with Gasteiger partial charge in [0.2, 0.25) is 0 Å². The van der Waals surface area contributed by atoms with Gasteiger partial charge in [-0.15, -0.1) is 0 Å². The minimum absolute atomic E-state index is 0.124. The Morgan fingerprint density at radius 1 is 1.00 bits per heavy atom. The molecule has 2 N–H and O–H groups in total.